The van der Waals surface area contributed by atoms with E-state index in [2.05, 4.69) is 12.1 Å². The smallest absolute Gasteiger partial charge is 0.125 e. The Kier molecular flexibility index (Phi) is 5.02. The van der Waals surface area contributed by atoms with Crippen molar-refractivity contribution in [1.82, 2.24) is 0 Å². The van der Waals surface area contributed by atoms with E-state index in [0.29, 0.717) is 0 Å². The van der Waals surface area contributed by atoms with Crippen LogP contribution in [0.4, 0.5) is 0 Å². The van der Waals surface area contributed by atoms with Crippen molar-refractivity contribution in [2.45, 2.75) is 25.5 Å². The van der Waals surface area contributed by atoms with Crippen LogP contribution in [-0.4, -0.2) is 13.2 Å². The summed E-state index contributed by atoms with van der Waals surface area (Å²) in [7, 11) is 1.65. The maximum absolute atomic E-state index is 6.09. The van der Waals surface area contributed by atoms with Crippen molar-refractivity contribution < 1.29 is 9.47 Å². The maximum Gasteiger partial charge on any atom is 0.125 e. The van der Waals surface area contributed by atoms with Gasteiger partial charge in [0, 0.05) is 18.5 Å². The molecule has 2 unspecified atom stereocenters. The van der Waals surface area contributed by atoms with Gasteiger partial charge in [-0.1, -0.05) is 36.4 Å². The molecule has 106 valence electrons. The molecule has 0 amide bonds. The molecule has 2 aromatic carbocycles. The molecule has 0 saturated heterocycles. The molecule has 0 aliphatic carbocycles. The van der Waals surface area contributed by atoms with Crippen LogP contribution in [0, 0.1) is 0 Å². The van der Waals surface area contributed by atoms with E-state index < -0.39 is 0 Å². The van der Waals surface area contributed by atoms with Crippen molar-refractivity contribution in [2.75, 3.05) is 7.11 Å². The quantitative estimate of drug-likeness (QED) is 0.873. The van der Waals surface area contributed by atoms with E-state index in [4.69, 9.17) is 15.2 Å². The van der Waals surface area contributed by atoms with Gasteiger partial charge in [-0.25, -0.2) is 0 Å². The number of hydrogen-bond acceptors (Lipinski definition) is 3. The summed E-state index contributed by atoms with van der Waals surface area (Å²) < 4.78 is 11.3. The molecule has 3 nitrogen and oxygen atoms in total. The minimum Gasteiger partial charge on any atom is -0.497 e. The van der Waals surface area contributed by atoms with Crippen LogP contribution in [0.3, 0.4) is 0 Å². The molecule has 0 radical (unpaired) electrons. The number of nitrogens with two attached hydrogens (primary N) is 1. The van der Waals surface area contributed by atoms with Crippen molar-refractivity contribution >= 4 is 0 Å². The third kappa shape index (κ3) is 4.00. The van der Waals surface area contributed by atoms with Gasteiger partial charge in [-0.2, -0.15) is 0 Å². The number of ether oxygens (including phenoxy) is 2. The monoisotopic (exact) mass is 271 g/mol. The van der Waals surface area contributed by atoms with E-state index >= 15 is 0 Å². The fourth-order valence-electron chi connectivity index (χ4n) is 2.10. The topological polar surface area (TPSA) is 44.5 Å². The Bertz CT molecular complexity index is 526. The lowest BCUT2D eigenvalue weighted by Gasteiger charge is -2.21. The first-order valence-electron chi connectivity index (χ1n) is 6.80. The van der Waals surface area contributed by atoms with Crippen molar-refractivity contribution in [1.29, 1.82) is 0 Å². The molecule has 2 atom stereocenters. The zero-order valence-corrected chi connectivity index (χ0v) is 12.0. The Hall–Kier alpha value is -2.00. The van der Waals surface area contributed by atoms with Crippen LogP contribution in [0.2, 0.25) is 0 Å². The van der Waals surface area contributed by atoms with Gasteiger partial charge in [0.1, 0.15) is 17.6 Å². The molecule has 0 bridgehead atoms. The molecule has 0 aliphatic heterocycles. The zero-order chi connectivity index (χ0) is 14.4. The lowest BCUT2D eigenvalue weighted by molar-refractivity contribution is 0.186. The second-order valence-corrected chi connectivity index (χ2v) is 4.91. The number of hydrogen-bond donors (Lipinski definition) is 1. The third-order valence-corrected chi connectivity index (χ3v) is 3.08. The highest BCUT2D eigenvalue weighted by atomic mass is 16.5. The summed E-state index contributed by atoms with van der Waals surface area (Å²) in [6.45, 7) is 1.99. The van der Waals surface area contributed by atoms with Gasteiger partial charge in [0.05, 0.1) is 7.11 Å². The summed E-state index contributed by atoms with van der Waals surface area (Å²) in [4.78, 5) is 0. The van der Waals surface area contributed by atoms with Crippen LogP contribution < -0.4 is 15.2 Å². The zero-order valence-electron chi connectivity index (χ0n) is 12.0. The van der Waals surface area contributed by atoms with E-state index in [1.165, 1.54) is 0 Å². The van der Waals surface area contributed by atoms with Crippen LogP contribution in [0.5, 0.6) is 11.5 Å². The molecule has 0 aromatic heterocycles. The van der Waals surface area contributed by atoms with E-state index in [-0.39, 0.29) is 12.1 Å². The number of rotatable bonds is 6. The van der Waals surface area contributed by atoms with Crippen molar-refractivity contribution in [3.63, 3.8) is 0 Å². The largest absolute Gasteiger partial charge is 0.497 e. The summed E-state index contributed by atoms with van der Waals surface area (Å²) >= 11 is 0. The molecule has 0 spiro atoms. The van der Waals surface area contributed by atoms with Crippen molar-refractivity contribution in [3.05, 3.63) is 60.2 Å². The second-order valence-electron chi connectivity index (χ2n) is 4.91. The molecule has 2 rings (SSSR count). The molecule has 2 N–H and O–H groups in total. The average Bonchev–Trinajstić information content (AvgIpc) is 2.47. The highest BCUT2D eigenvalue weighted by molar-refractivity contribution is 5.33. The summed E-state index contributed by atoms with van der Waals surface area (Å²) in [5.74, 6) is 1.58. The van der Waals surface area contributed by atoms with Gasteiger partial charge < -0.3 is 15.2 Å². The van der Waals surface area contributed by atoms with E-state index in [9.17, 15) is 0 Å². The molecule has 0 fully saturated rings. The van der Waals surface area contributed by atoms with Crippen LogP contribution in [0.1, 0.15) is 25.0 Å². The molecule has 20 heavy (non-hydrogen) atoms. The van der Waals surface area contributed by atoms with Crippen molar-refractivity contribution in [3.8, 4) is 11.5 Å². The van der Waals surface area contributed by atoms with Crippen LogP contribution in [0.25, 0.3) is 0 Å². The Morgan fingerprint density at radius 1 is 1.00 bits per heavy atom. The van der Waals surface area contributed by atoms with Crippen molar-refractivity contribution in [2.24, 2.45) is 5.73 Å². The first-order valence-corrected chi connectivity index (χ1v) is 6.80. The van der Waals surface area contributed by atoms with Gasteiger partial charge >= 0.3 is 0 Å². The molecule has 0 heterocycles. The lowest BCUT2D eigenvalue weighted by atomic mass is 10.0. The molecule has 2 aromatic rings. The number of methoxy groups -OCH3 is 1. The Morgan fingerprint density at radius 3 is 2.35 bits per heavy atom. The van der Waals surface area contributed by atoms with E-state index in [1.54, 1.807) is 7.11 Å². The van der Waals surface area contributed by atoms with Gasteiger partial charge in [-0.15, -0.1) is 0 Å². The molecule has 3 heteroatoms. The van der Waals surface area contributed by atoms with Gasteiger partial charge in [-0.05, 0) is 24.6 Å². The fourth-order valence-corrected chi connectivity index (χ4v) is 2.10. The van der Waals surface area contributed by atoms with Crippen LogP contribution in [-0.2, 0) is 0 Å². The standard InChI is InChI=1S/C17H21NO2/c1-13(18)11-17(14-7-4-3-5-8-14)20-16-10-6-9-15(12-16)19-2/h3-10,12-13,17H,11,18H2,1-2H3. The Labute approximate surface area is 120 Å². The Morgan fingerprint density at radius 2 is 1.70 bits per heavy atom. The van der Waals surface area contributed by atoms with E-state index in [1.807, 2.05) is 49.4 Å². The van der Waals surface area contributed by atoms with Crippen LogP contribution in [0.15, 0.2) is 54.6 Å². The summed E-state index contributed by atoms with van der Waals surface area (Å²) in [6, 6.07) is 17.9. The normalized spacial score (nSPS) is 13.6. The Balaban J connectivity index is 2.19. The molecule has 0 aliphatic rings. The maximum atomic E-state index is 6.09. The van der Waals surface area contributed by atoms with Gasteiger partial charge in [0.25, 0.3) is 0 Å². The summed E-state index contributed by atoms with van der Waals surface area (Å²) in [5, 5.41) is 0. The first-order chi connectivity index (χ1) is 9.69. The fraction of sp³-hybridized carbons (Fsp3) is 0.294. The molecular weight excluding hydrogens is 250 g/mol. The molecule has 0 saturated carbocycles. The van der Waals surface area contributed by atoms with E-state index in [0.717, 1.165) is 23.5 Å². The third-order valence-electron chi connectivity index (χ3n) is 3.08. The van der Waals surface area contributed by atoms with Gasteiger partial charge in [0.2, 0.25) is 0 Å². The SMILES string of the molecule is COc1cccc(OC(CC(C)N)c2ccccc2)c1. The van der Waals surface area contributed by atoms with Crippen LogP contribution >= 0.6 is 0 Å². The number of benzene rings is 2. The minimum atomic E-state index is -0.0525. The summed E-state index contributed by atoms with van der Waals surface area (Å²) in [5.41, 5.74) is 7.07. The predicted octanol–water partition coefficient (Wildman–Crippen LogP) is 3.55. The predicted molar refractivity (Wildman–Crippen MR) is 81.1 cm³/mol. The average molecular weight is 271 g/mol. The highest BCUT2D eigenvalue weighted by Crippen LogP contribution is 2.27. The minimum absolute atomic E-state index is 0.0525. The lowest BCUT2D eigenvalue weighted by Crippen LogP contribution is -2.21. The van der Waals surface area contributed by atoms with Gasteiger partial charge in [0.15, 0.2) is 0 Å². The highest BCUT2D eigenvalue weighted by Gasteiger charge is 2.15. The summed E-state index contributed by atoms with van der Waals surface area (Å²) in [6.07, 6.45) is 0.713. The second kappa shape index (κ2) is 6.96. The van der Waals surface area contributed by atoms with Gasteiger partial charge in [-0.3, -0.25) is 0 Å². The first kappa shape index (κ1) is 14.4. The molecular formula is C17H21NO2.